The number of hydrogen-bond donors (Lipinski definition) is 1. The molecule has 5 heteroatoms. The van der Waals surface area contributed by atoms with Gasteiger partial charge in [0.25, 0.3) is 0 Å². The van der Waals surface area contributed by atoms with Crippen LogP contribution in [0, 0.1) is 6.92 Å². The molecule has 2 N–H and O–H groups in total. The van der Waals surface area contributed by atoms with Gasteiger partial charge in [-0.1, -0.05) is 17.7 Å². The lowest BCUT2D eigenvalue weighted by molar-refractivity contribution is 0.598. The monoisotopic (exact) mass is 207 g/mol. The van der Waals surface area contributed by atoms with Gasteiger partial charge in [-0.3, -0.25) is 0 Å². The highest BCUT2D eigenvalue weighted by Gasteiger charge is 2.04. The fourth-order valence-corrected chi connectivity index (χ4v) is 1.24. The molecule has 0 aliphatic heterocycles. The molecule has 0 bridgehead atoms. The molecule has 0 aromatic heterocycles. The minimum atomic E-state index is -3.52. The predicted molar refractivity (Wildman–Crippen MR) is 49.8 cm³/mol. The first-order valence-electron chi connectivity index (χ1n) is 3.09. The van der Waals surface area contributed by atoms with Crippen molar-refractivity contribution in [1.29, 1.82) is 0 Å². The molecule has 0 unspecified atom stereocenters. The molecule has 68 valence electrons. The maximum Gasteiger partial charge on any atom is 0.238 e. The average Bonchev–Trinajstić information content (AvgIpc) is 1.86. The summed E-state index contributed by atoms with van der Waals surface area (Å²) >= 11 is 0. The second kappa shape index (κ2) is 3.89. The van der Waals surface area contributed by atoms with Gasteiger partial charge in [0.15, 0.2) is 0 Å². The Labute approximate surface area is 78.1 Å². The second-order valence-electron chi connectivity index (χ2n) is 2.36. The van der Waals surface area contributed by atoms with Gasteiger partial charge >= 0.3 is 0 Å². The number of nitrogens with two attached hydrogens (primary N) is 1. The van der Waals surface area contributed by atoms with Crippen molar-refractivity contribution in [3.8, 4) is 0 Å². The molecule has 0 spiro atoms. The summed E-state index contributed by atoms with van der Waals surface area (Å²) in [5, 5.41) is 4.88. The number of hydrogen-bond acceptors (Lipinski definition) is 2. The lowest BCUT2D eigenvalue weighted by Gasteiger charge is -1.96. The van der Waals surface area contributed by atoms with Crippen molar-refractivity contribution < 1.29 is 8.42 Å². The molecule has 12 heavy (non-hydrogen) atoms. The minimum Gasteiger partial charge on any atom is -0.225 e. The van der Waals surface area contributed by atoms with E-state index >= 15 is 0 Å². The van der Waals surface area contributed by atoms with Crippen molar-refractivity contribution >= 4 is 22.4 Å². The van der Waals surface area contributed by atoms with Crippen LogP contribution in [0.25, 0.3) is 0 Å². The zero-order valence-corrected chi connectivity index (χ0v) is 8.15. The maximum absolute atomic E-state index is 10.7. The van der Waals surface area contributed by atoms with E-state index in [1.807, 2.05) is 6.92 Å². The van der Waals surface area contributed by atoms with Crippen LogP contribution in [0.2, 0.25) is 0 Å². The molecule has 0 aliphatic rings. The summed E-state index contributed by atoms with van der Waals surface area (Å²) in [6.07, 6.45) is 0. The highest BCUT2D eigenvalue weighted by molar-refractivity contribution is 7.89. The standard InChI is InChI=1S/C7H9NO2S.ClH/c1-6-2-4-7(5-3-6)11(8,9)10;/h2-5H,1H3,(H2,8,9,10);1H. The first-order chi connectivity index (χ1) is 5.00. The van der Waals surface area contributed by atoms with Crippen LogP contribution < -0.4 is 5.14 Å². The van der Waals surface area contributed by atoms with E-state index in [1.54, 1.807) is 12.1 Å². The topological polar surface area (TPSA) is 60.2 Å². The van der Waals surface area contributed by atoms with Gasteiger partial charge in [-0.15, -0.1) is 12.4 Å². The fraction of sp³-hybridized carbons (Fsp3) is 0.143. The highest BCUT2D eigenvalue weighted by Crippen LogP contribution is 2.06. The summed E-state index contributed by atoms with van der Waals surface area (Å²) in [5.74, 6) is 0. The van der Waals surface area contributed by atoms with Crippen LogP contribution in [-0.2, 0) is 10.0 Å². The highest BCUT2D eigenvalue weighted by atomic mass is 35.5. The minimum absolute atomic E-state index is 0. The molecular formula is C7H10ClNO2S. The Balaban J connectivity index is 0.00000121. The molecule has 0 radical (unpaired) electrons. The van der Waals surface area contributed by atoms with Crippen molar-refractivity contribution in [2.75, 3.05) is 0 Å². The van der Waals surface area contributed by atoms with Crippen LogP contribution >= 0.6 is 12.4 Å². The van der Waals surface area contributed by atoms with Gasteiger partial charge in [0.2, 0.25) is 10.0 Å². The van der Waals surface area contributed by atoms with E-state index in [0.717, 1.165) is 5.56 Å². The van der Waals surface area contributed by atoms with E-state index in [9.17, 15) is 8.42 Å². The molecule has 1 aromatic rings. The molecule has 0 amide bonds. The second-order valence-corrected chi connectivity index (χ2v) is 3.92. The molecule has 0 aliphatic carbocycles. The van der Waals surface area contributed by atoms with Crippen molar-refractivity contribution in [3.63, 3.8) is 0 Å². The van der Waals surface area contributed by atoms with Crippen molar-refractivity contribution in [2.24, 2.45) is 5.14 Å². The molecule has 1 aromatic carbocycles. The van der Waals surface area contributed by atoms with Crippen LogP contribution in [0.15, 0.2) is 29.2 Å². The molecule has 0 fully saturated rings. The molecule has 0 saturated carbocycles. The third-order valence-electron chi connectivity index (χ3n) is 1.35. The first kappa shape index (κ1) is 11.4. The van der Waals surface area contributed by atoms with E-state index in [2.05, 4.69) is 0 Å². The number of halogens is 1. The Morgan fingerprint density at radius 3 is 1.92 bits per heavy atom. The SMILES string of the molecule is Cc1ccc(S(N)(=O)=O)cc1.Cl. The normalized spacial score (nSPS) is 10.5. The van der Waals surface area contributed by atoms with E-state index in [4.69, 9.17) is 5.14 Å². The number of primary sulfonamides is 1. The van der Waals surface area contributed by atoms with Gasteiger partial charge in [0, 0.05) is 0 Å². The van der Waals surface area contributed by atoms with Crippen LogP contribution in [0.4, 0.5) is 0 Å². The van der Waals surface area contributed by atoms with Crippen LogP contribution in [0.3, 0.4) is 0 Å². The lowest BCUT2D eigenvalue weighted by atomic mass is 10.2. The quantitative estimate of drug-likeness (QED) is 0.749. The smallest absolute Gasteiger partial charge is 0.225 e. The van der Waals surface area contributed by atoms with Gasteiger partial charge in [-0.25, -0.2) is 13.6 Å². The number of rotatable bonds is 1. The molecule has 0 saturated heterocycles. The Hall–Kier alpha value is -0.580. The third kappa shape index (κ3) is 2.81. The first-order valence-corrected chi connectivity index (χ1v) is 4.64. The van der Waals surface area contributed by atoms with E-state index in [-0.39, 0.29) is 17.3 Å². The van der Waals surface area contributed by atoms with Crippen molar-refractivity contribution in [3.05, 3.63) is 29.8 Å². The Morgan fingerprint density at radius 1 is 1.17 bits per heavy atom. The van der Waals surface area contributed by atoms with Crippen LogP contribution in [0.5, 0.6) is 0 Å². The summed E-state index contributed by atoms with van der Waals surface area (Å²) in [4.78, 5) is 0.156. The molecule has 1 rings (SSSR count). The number of benzene rings is 1. The Morgan fingerprint density at radius 2 is 1.58 bits per heavy atom. The summed E-state index contributed by atoms with van der Waals surface area (Å²) in [5.41, 5.74) is 1.01. The fourth-order valence-electron chi connectivity index (χ4n) is 0.728. The van der Waals surface area contributed by atoms with Gasteiger partial charge < -0.3 is 0 Å². The van der Waals surface area contributed by atoms with Gasteiger partial charge in [0.1, 0.15) is 0 Å². The van der Waals surface area contributed by atoms with Crippen molar-refractivity contribution in [2.45, 2.75) is 11.8 Å². The predicted octanol–water partition coefficient (Wildman–Crippen LogP) is 1.06. The zero-order chi connectivity index (χ0) is 8.48. The Bertz CT molecular complexity index is 344. The number of sulfonamides is 1. The van der Waals surface area contributed by atoms with Crippen LogP contribution in [-0.4, -0.2) is 8.42 Å². The average molecular weight is 208 g/mol. The van der Waals surface area contributed by atoms with E-state index < -0.39 is 10.0 Å². The summed E-state index contributed by atoms with van der Waals surface area (Å²) in [6, 6.07) is 6.40. The molecular weight excluding hydrogens is 198 g/mol. The molecule has 0 heterocycles. The lowest BCUT2D eigenvalue weighted by Crippen LogP contribution is -2.11. The number of aryl methyl sites for hydroxylation is 1. The zero-order valence-electron chi connectivity index (χ0n) is 6.52. The van der Waals surface area contributed by atoms with Gasteiger partial charge in [-0.2, -0.15) is 0 Å². The summed E-state index contributed by atoms with van der Waals surface area (Å²) in [6.45, 7) is 1.88. The van der Waals surface area contributed by atoms with E-state index in [1.165, 1.54) is 12.1 Å². The van der Waals surface area contributed by atoms with Crippen LogP contribution in [0.1, 0.15) is 5.56 Å². The largest absolute Gasteiger partial charge is 0.238 e. The summed E-state index contributed by atoms with van der Waals surface area (Å²) < 4.78 is 21.4. The Kier molecular flexibility index (Phi) is 3.70. The maximum atomic E-state index is 10.7. The van der Waals surface area contributed by atoms with Gasteiger partial charge in [0.05, 0.1) is 4.90 Å². The van der Waals surface area contributed by atoms with Gasteiger partial charge in [-0.05, 0) is 19.1 Å². The van der Waals surface area contributed by atoms with E-state index in [0.29, 0.717) is 0 Å². The third-order valence-corrected chi connectivity index (χ3v) is 2.28. The summed E-state index contributed by atoms with van der Waals surface area (Å²) in [7, 11) is -3.52. The molecule has 0 atom stereocenters. The molecule has 3 nitrogen and oxygen atoms in total. The van der Waals surface area contributed by atoms with Crippen molar-refractivity contribution in [1.82, 2.24) is 0 Å².